The van der Waals surface area contributed by atoms with E-state index in [1.807, 2.05) is 0 Å². The minimum absolute atomic E-state index is 0. The molecule has 0 aliphatic heterocycles. The van der Waals surface area contributed by atoms with Gasteiger partial charge < -0.3 is 20.5 Å². The first-order chi connectivity index (χ1) is 12.3. The van der Waals surface area contributed by atoms with Crippen LogP contribution in [-0.4, -0.2) is 19.4 Å². The van der Waals surface area contributed by atoms with Crippen LogP contribution < -0.4 is 20.5 Å². The number of anilines is 2. The van der Waals surface area contributed by atoms with Crippen molar-refractivity contribution >= 4 is 29.7 Å². The van der Waals surface area contributed by atoms with E-state index >= 15 is 0 Å². The van der Waals surface area contributed by atoms with Crippen molar-refractivity contribution < 1.29 is 27.4 Å². The number of nitrogens with two attached hydrogens (primary N) is 1. The molecule has 0 heterocycles. The Balaban J connectivity index is 0.00000261. The molecule has 0 bridgehead atoms. The molecule has 0 spiro atoms. The Bertz CT molecular complexity index is 830. The SMILES string of the molecule is COc1ccc(NC(=O)C2CC2c2ccccc2OC(F)(F)F)cc1N.Cl. The van der Waals surface area contributed by atoms with Crippen molar-refractivity contribution in [2.24, 2.45) is 5.92 Å². The lowest BCUT2D eigenvalue weighted by atomic mass is 10.1. The zero-order valence-electron chi connectivity index (χ0n) is 14.2. The van der Waals surface area contributed by atoms with Crippen LogP contribution in [0, 0.1) is 5.92 Å². The van der Waals surface area contributed by atoms with Gasteiger partial charge in [0, 0.05) is 11.6 Å². The Kier molecular flexibility index (Phi) is 6.10. The van der Waals surface area contributed by atoms with E-state index < -0.39 is 12.3 Å². The molecule has 3 N–H and O–H groups in total. The molecule has 1 amide bonds. The predicted octanol–water partition coefficient (Wildman–Crippen LogP) is 4.34. The van der Waals surface area contributed by atoms with Crippen molar-refractivity contribution in [2.75, 3.05) is 18.2 Å². The van der Waals surface area contributed by atoms with Crippen LogP contribution >= 0.6 is 12.4 Å². The lowest BCUT2D eigenvalue weighted by Crippen LogP contribution is -2.18. The first kappa shape index (κ1) is 20.7. The van der Waals surface area contributed by atoms with E-state index in [1.165, 1.54) is 19.2 Å². The van der Waals surface area contributed by atoms with E-state index in [9.17, 15) is 18.0 Å². The number of hydrogen-bond donors (Lipinski definition) is 2. The number of benzene rings is 2. The molecule has 0 saturated heterocycles. The standard InChI is InChI=1S/C18H17F3N2O3.ClH/c1-25-16-7-6-10(8-14(16)22)23-17(24)13-9-12(13)11-4-2-3-5-15(11)26-18(19,20)21;/h2-8,12-13H,9,22H2,1H3,(H,23,24);1H. The molecule has 3 rings (SSSR count). The summed E-state index contributed by atoms with van der Waals surface area (Å²) in [6.45, 7) is 0. The quantitative estimate of drug-likeness (QED) is 0.730. The zero-order valence-corrected chi connectivity index (χ0v) is 15.1. The molecule has 2 atom stereocenters. The second-order valence-corrected chi connectivity index (χ2v) is 5.98. The van der Waals surface area contributed by atoms with Crippen molar-refractivity contribution in [3.05, 3.63) is 48.0 Å². The second kappa shape index (κ2) is 7.96. The highest BCUT2D eigenvalue weighted by molar-refractivity contribution is 5.95. The molecule has 27 heavy (non-hydrogen) atoms. The van der Waals surface area contributed by atoms with Gasteiger partial charge in [-0.1, -0.05) is 18.2 Å². The molecule has 1 saturated carbocycles. The number of methoxy groups -OCH3 is 1. The number of nitrogen functional groups attached to an aromatic ring is 1. The molecule has 1 fully saturated rings. The van der Waals surface area contributed by atoms with Crippen molar-refractivity contribution in [3.63, 3.8) is 0 Å². The van der Waals surface area contributed by atoms with E-state index in [4.69, 9.17) is 10.5 Å². The van der Waals surface area contributed by atoms with Gasteiger partial charge in [-0.3, -0.25) is 4.79 Å². The van der Waals surface area contributed by atoms with Gasteiger partial charge >= 0.3 is 6.36 Å². The maximum Gasteiger partial charge on any atom is 0.573 e. The van der Waals surface area contributed by atoms with Crippen LogP contribution in [0.3, 0.4) is 0 Å². The number of para-hydroxylation sites is 1. The van der Waals surface area contributed by atoms with Crippen LogP contribution in [0.1, 0.15) is 17.9 Å². The number of rotatable bonds is 5. The maximum atomic E-state index is 12.5. The van der Waals surface area contributed by atoms with Crippen LogP contribution in [-0.2, 0) is 4.79 Å². The van der Waals surface area contributed by atoms with E-state index in [2.05, 4.69) is 10.1 Å². The molecule has 1 aliphatic rings. The molecule has 2 unspecified atom stereocenters. The minimum atomic E-state index is -4.77. The van der Waals surface area contributed by atoms with Gasteiger partial charge in [0.25, 0.3) is 0 Å². The number of amides is 1. The molecule has 1 aliphatic carbocycles. The Hall–Kier alpha value is -2.61. The van der Waals surface area contributed by atoms with Gasteiger partial charge in [-0.05, 0) is 42.2 Å². The molecular weight excluding hydrogens is 385 g/mol. The van der Waals surface area contributed by atoms with Crippen molar-refractivity contribution in [1.29, 1.82) is 0 Å². The molecular formula is C18H18ClF3N2O3. The fourth-order valence-corrected chi connectivity index (χ4v) is 2.88. The topological polar surface area (TPSA) is 73.6 Å². The summed E-state index contributed by atoms with van der Waals surface area (Å²) in [7, 11) is 1.49. The molecule has 5 nitrogen and oxygen atoms in total. The number of carbonyl (C=O) groups excluding carboxylic acids is 1. The van der Waals surface area contributed by atoms with Crippen LogP contribution in [0.15, 0.2) is 42.5 Å². The lowest BCUT2D eigenvalue weighted by molar-refractivity contribution is -0.274. The number of carbonyl (C=O) groups is 1. The third-order valence-corrected chi connectivity index (χ3v) is 4.17. The molecule has 0 radical (unpaired) electrons. The van der Waals surface area contributed by atoms with Gasteiger partial charge in [-0.15, -0.1) is 25.6 Å². The van der Waals surface area contributed by atoms with Crippen molar-refractivity contribution in [3.8, 4) is 11.5 Å². The van der Waals surface area contributed by atoms with Gasteiger partial charge in [-0.25, -0.2) is 0 Å². The Morgan fingerprint density at radius 3 is 2.52 bits per heavy atom. The van der Waals surface area contributed by atoms with E-state index in [1.54, 1.807) is 30.3 Å². The van der Waals surface area contributed by atoms with Crippen molar-refractivity contribution in [1.82, 2.24) is 0 Å². The fraction of sp³-hybridized carbons (Fsp3) is 0.278. The van der Waals surface area contributed by atoms with Crippen LogP contribution in [0.25, 0.3) is 0 Å². The Morgan fingerprint density at radius 2 is 1.89 bits per heavy atom. The number of halogens is 4. The lowest BCUT2D eigenvalue weighted by Gasteiger charge is -2.13. The van der Waals surface area contributed by atoms with E-state index in [0.29, 0.717) is 29.1 Å². The van der Waals surface area contributed by atoms with Crippen LogP contribution in [0.5, 0.6) is 11.5 Å². The molecule has 146 valence electrons. The monoisotopic (exact) mass is 402 g/mol. The average molecular weight is 403 g/mol. The van der Waals surface area contributed by atoms with Crippen molar-refractivity contribution in [2.45, 2.75) is 18.7 Å². The summed E-state index contributed by atoms with van der Waals surface area (Å²) in [5.74, 6) is -0.790. The summed E-state index contributed by atoms with van der Waals surface area (Å²) in [4.78, 5) is 12.4. The number of hydrogen-bond acceptors (Lipinski definition) is 4. The van der Waals surface area contributed by atoms with Gasteiger partial charge in [0.2, 0.25) is 5.91 Å². The van der Waals surface area contributed by atoms with E-state index in [-0.39, 0.29) is 30.0 Å². The highest BCUT2D eigenvalue weighted by Crippen LogP contribution is 2.51. The third kappa shape index (κ3) is 4.97. The van der Waals surface area contributed by atoms with Gasteiger partial charge in [0.1, 0.15) is 11.5 Å². The first-order valence-electron chi connectivity index (χ1n) is 7.87. The number of ether oxygens (including phenoxy) is 2. The fourth-order valence-electron chi connectivity index (χ4n) is 2.88. The predicted molar refractivity (Wildman–Crippen MR) is 97.3 cm³/mol. The smallest absolute Gasteiger partial charge is 0.495 e. The first-order valence-corrected chi connectivity index (χ1v) is 7.87. The Labute approximate surface area is 160 Å². The highest BCUT2D eigenvalue weighted by atomic mass is 35.5. The van der Waals surface area contributed by atoms with Gasteiger partial charge in [-0.2, -0.15) is 0 Å². The Morgan fingerprint density at radius 1 is 1.19 bits per heavy atom. The zero-order chi connectivity index (χ0) is 18.9. The minimum Gasteiger partial charge on any atom is -0.495 e. The normalized spacial score (nSPS) is 18.2. The molecule has 2 aromatic carbocycles. The molecule has 0 aromatic heterocycles. The van der Waals surface area contributed by atoms with E-state index in [0.717, 1.165) is 0 Å². The summed E-state index contributed by atoms with van der Waals surface area (Å²) in [6.07, 6.45) is -4.32. The van der Waals surface area contributed by atoms with Crippen LogP contribution in [0.4, 0.5) is 24.5 Å². The highest BCUT2D eigenvalue weighted by Gasteiger charge is 2.46. The van der Waals surface area contributed by atoms with Gasteiger partial charge in [0.15, 0.2) is 0 Å². The molecule has 9 heteroatoms. The third-order valence-electron chi connectivity index (χ3n) is 4.17. The second-order valence-electron chi connectivity index (χ2n) is 5.98. The maximum absolute atomic E-state index is 12.5. The average Bonchev–Trinajstić information content (AvgIpc) is 3.34. The van der Waals surface area contributed by atoms with Gasteiger partial charge in [0.05, 0.1) is 12.8 Å². The largest absolute Gasteiger partial charge is 0.573 e. The summed E-state index contributed by atoms with van der Waals surface area (Å²) in [6, 6.07) is 10.7. The molecule has 2 aromatic rings. The van der Waals surface area contributed by atoms with Crippen LogP contribution in [0.2, 0.25) is 0 Å². The summed E-state index contributed by atoms with van der Waals surface area (Å²) in [5.41, 5.74) is 7.05. The summed E-state index contributed by atoms with van der Waals surface area (Å²) >= 11 is 0. The summed E-state index contributed by atoms with van der Waals surface area (Å²) < 4.78 is 46.7. The number of alkyl halides is 3. The summed E-state index contributed by atoms with van der Waals surface area (Å²) in [5, 5.41) is 2.73. The number of nitrogens with one attached hydrogen (secondary N) is 1.